The van der Waals surface area contributed by atoms with Gasteiger partial charge in [0.2, 0.25) is 0 Å². The molecule has 0 aliphatic carbocycles. The molecule has 20 heavy (non-hydrogen) atoms. The van der Waals surface area contributed by atoms with E-state index in [-0.39, 0.29) is 5.69 Å². The SMILES string of the molecule is COC(=O)c1ccc(N)c(NCCc2ccncc2)n1. The number of esters is 1. The number of methoxy groups -OCH3 is 1. The first-order valence-electron chi connectivity index (χ1n) is 6.18. The molecule has 0 fully saturated rings. The topological polar surface area (TPSA) is 90.1 Å². The number of nitrogen functional groups attached to an aromatic ring is 1. The van der Waals surface area contributed by atoms with Gasteiger partial charge in [-0.05, 0) is 36.2 Å². The number of anilines is 2. The molecule has 0 amide bonds. The molecule has 2 heterocycles. The van der Waals surface area contributed by atoms with Gasteiger partial charge in [0.15, 0.2) is 5.69 Å². The fraction of sp³-hybridized carbons (Fsp3) is 0.214. The first-order chi connectivity index (χ1) is 9.70. The van der Waals surface area contributed by atoms with Gasteiger partial charge in [-0.2, -0.15) is 0 Å². The minimum atomic E-state index is -0.484. The molecule has 6 nitrogen and oxygen atoms in total. The van der Waals surface area contributed by atoms with Crippen molar-refractivity contribution < 1.29 is 9.53 Å². The highest BCUT2D eigenvalue weighted by Gasteiger charge is 2.09. The molecule has 0 atom stereocenters. The summed E-state index contributed by atoms with van der Waals surface area (Å²) < 4.78 is 4.63. The van der Waals surface area contributed by atoms with Crippen LogP contribution in [0, 0.1) is 0 Å². The zero-order valence-electron chi connectivity index (χ0n) is 11.2. The Bertz CT molecular complexity index is 587. The van der Waals surface area contributed by atoms with Crippen LogP contribution in [0.15, 0.2) is 36.7 Å². The first-order valence-corrected chi connectivity index (χ1v) is 6.18. The quantitative estimate of drug-likeness (QED) is 0.802. The molecule has 0 saturated heterocycles. The highest BCUT2D eigenvalue weighted by Crippen LogP contribution is 2.16. The van der Waals surface area contributed by atoms with Crippen LogP contribution in [0.4, 0.5) is 11.5 Å². The van der Waals surface area contributed by atoms with Crippen LogP contribution < -0.4 is 11.1 Å². The van der Waals surface area contributed by atoms with Crippen LogP contribution in [0.3, 0.4) is 0 Å². The number of ether oxygens (including phenoxy) is 1. The normalized spacial score (nSPS) is 10.1. The fourth-order valence-electron chi connectivity index (χ4n) is 1.70. The van der Waals surface area contributed by atoms with Crippen molar-refractivity contribution >= 4 is 17.5 Å². The Kier molecular flexibility index (Phi) is 4.49. The van der Waals surface area contributed by atoms with Gasteiger partial charge in [0.1, 0.15) is 5.82 Å². The minimum absolute atomic E-state index is 0.230. The Morgan fingerprint density at radius 2 is 2.05 bits per heavy atom. The van der Waals surface area contributed by atoms with Gasteiger partial charge in [-0.1, -0.05) is 0 Å². The molecule has 0 aliphatic heterocycles. The number of nitrogens with zero attached hydrogens (tertiary/aromatic N) is 2. The van der Waals surface area contributed by atoms with Crippen LogP contribution in [0.5, 0.6) is 0 Å². The smallest absolute Gasteiger partial charge is 0.356 e. The molecule has 0 saturated carbocycles. The number of carbonyl (C=O) groups is 1. The van der Waals surface area contributed by atoms with Crippen molar-refractivity contribution in [2.45, 2.75) is 6.42 Å². The number of hydrogen-bond donors (Lipinski definition) is 2. The standard InChI is InChI=1S/C14H16N4O2/c1-20-14(19)12-3-2-11(15)13(18-12)17-9-6-10-4-7-16-8-5-10/h2-5,7-8H,6,9,15H2,1H3,(H,17,18). The van der Waals surface area contributed by atoms with E-state index in [1.165, 1.54) is 13.2 Å². The molecule has 0 aromatic carbocycles. The Morgan fingerprint density at radius 3 is 2.75 bits per heavy atom. The van der Waals surface area contributed by atoms with Gasteiger partial charge < -0.3 is 15.8 Å². The molecule has 0 unspecified atom stereocenters. The molecule has 0 bridgehead atoms. The van der Waals surface area contributed by atoms with Gasteiger partial charge in [-0.15, -0.1) is 0 Å². The lowest BCUT2D eigenvalue weighted by Gasteiger charge is -2.09. The summed E-state index contributed by atoms with van der Waals surface area (Å²) in [5, 5.41) is 3.12. The van der Waals surface area contributed by atoms with Gasteiger partial charge in [0, 0.05) is 18.9 Å². The Labute approximate surface area is 117 Å². The number of carbonyl (C=O) groups excluding carboxylic acids is 1. The molecule has 2 aromatic heterocycles. The molecule has 0 aliphatic rings. The molecular weight excluding hydrogens is 256 g/mol. The van der Waals surface area contributed by atoms with Gasteiger partial charge >= 0.3 is 5.97 Å². The predicted molar refractivity (Wildman–Crippen MR) is 76.4 cm³/mol. The zero-order chi connectivity index (χ0) is 14.4. The molecule has 104 valence electrons. The molecule has 2 rings (SSSR count). The average Bonchev–Trinajstić information content (AvgIpc) is 2.49. The molecule has 0 radical (unpaired) electrons. The van der Waals surface area contributed by atoms with E-state index in [1.807, 2.05) is 12.1 Å². The van der Waals surface area contributed by atoms with Crippen LogP contribution in [0.1, 0.15) is 16.1 Å². The summed E-state index contributed by atoms with van der Waals surface area (Å²) >= 11 is 0. The van der Waals surface area contributed by atoms with Crippen LogP contribution in [0.25, 0.3) is 0 Å². The number of rotatable bonds is 5. The van der Waals surface area contributed by atoms with E-state index in [0.29, 0.717) is 18.1 Å². The van der Waals surface area contributed by atoms with Crippen molar-refractivity contribution in [2.24, 2.45) is 0 Å². The van der Waals surface area contributed by atoms with E-state index >= 15 is 0 Å². The lowest BCUT2D eigenvalue weighted by atomic mass is 10.2. The molecule has 3 N–H and O–H groups in total. The number of pyridine rings is 2. The third kappa shape index (κ3) is 3.44. The van der Waals surface area contributed by atoms with Crippen molar-refractivity contribution in [3.8, 4) is 0 Å². The number of aromatic nitrogens is 2. The van der Waals surface area contributed by atoms with Crippen LogP contribution >= 0.6 is 0 Å². The summed E-state index contributed by atoms with van der Waals surface area (Å²) in [4.78, 5) is 19.5. The predicted octanol–water partition coefficient (Wildman–Crippen LogP) is 1.50. The average molecular weight is 272 g/mol. The van der Waals surface area contributed by atoms with Gasteiger partial charge in [0.05, 0.1) is 12.8 Å². The molecule has 6 heteroatoms. The zero-order valence-corrected chi connectivity index (χ0v) is 11.2. The molecular formula is C14H16N4O2. The summed E-state index contributed by atoms with van der Waals surface area (Å²) in [6.45, 7) is 0.659. The van der Waals surface area contributed by atoms with Crippen molar-refractivity contribution in [3.05, 3.63) is 47.9 Å². The van der Waals surface area contributed by atoms with Crippen LogP contribution in [0.2, 0.25) is 0 Å². The highest BCUT2D eigenvalue weighted by molar-refractivity contribution is 5.88. The van der Waals surface area contributed by atoms with Crippen LogP contribution in [-0.4, -0.2) is 29.6 Å². The van der Waals surface area contributed by atoms with Crippen molar-refractivity contribution in [2.75, 3.05) is 24.7 Å². The van der Waals surface area contributed by atoms with Crippen molar-refractivity contribution in [1.29, 1.82) is 0 Å². The maximum atomic E-state index is 11.4. The molecule has 2 aromatic rings. The number of nitrogens with one attached hydrogen (secondary N) is 1. The summed E-state index contributed by atoms with van der Waals surface area (Å²) in [6, 6.07) is 7.07. The van der Waals surface area contributed by atoms with E-state index in [4.69, 9.17) is 5.73 Å². The fourth-order valence-corrected chi connectivity index (χ4v) is 1.70. The summed E-state index contributed by atoms with van der Waals surface area (Å²) in [5.74, 6) is 0.00383. The van der Waals surface area contributed by atoms with E-state index in [1.54, 1.807) is 18.5 Å². The lowest BCUT2D eigenvalue weighted by molar-refractivity contribution is 0.0594. The Morgan fingerprint density at radius 1 is 1.30 bits per heavy atom. The molecule has 0 spiro atoms. The van der Waals surface area contributed by atoms with Gasteiger partial charge in [0.25, 0.3) is 0 Å². The van der Waals surface area contributed by atoms with E-state index in [2.05, 4.69) is 20.0 Å². The third-order valence-corrected chi connectivity index (χ3v) is 2.78. The summed E-state index contributed by atoms with van der Waals surface area (Å²) in [5.41, 5.74) is 7.71. The third-order valence-electron chi connectivity index (χ3n) is 2.78. The maximum Gasteiger partial charge on any atom is 0.356 e. The highest BCUT2D eigenvalue weighted by atomic mass is 16.5. The number of nitrogens with two attached hydrogens (primary N) is 1. The van der Waals surface area contributed by atoms with E-state index in [9.17, 15) is 4.79 Å². The van der Waals surface area contributed by atoms with Crippen molar-refractivity contribution in [1.82, 2.24) is 9.97 Å². The largest absolute Gasteiger partial charge is 0.464 e. The summed E-state index contributed by atoms with van der Waals surface area (Å²) in [7, 11) is 1.32. The van der Waals surface area contributed by atoms with E-state index in [0.717, 1.165) is 12.0 Å². The van der Waals surface area contributed by atoms with Crippen LogP contribution in [-0.2, 0) is 11.2 Å². The number of hydrogen-bond acceptors (Lipinski definition) is 6. The van der Waals surface area contributed by atoms with Gasteiger partial charge in [-0.25, -0.2) is 9.78 Å². The second-order valence-corrected chi connectivity index (χ2v) is 4.16. The van der Waals surface area contributed by atoms with E-state index < -0.39 is 5.97 Å². The lowest BCUT2D eigenvalue weighted by Crippen LogP contribution is -2.12. The second kappa shape index (κ2) is 6.51. The second-order valence-electron chi connectivity index (χ2n) is 4.16. The summed E-state index contributed by atoms with van der Waals surface area (Å²) in [6.07, 6.45) is 4.31. The first kappa shape index (κ1) is 13.8. The van der Waals surface area contributed by atoms with Crippen molar-refractivity contribution in [3.63, 3.8) is 0 Å². The van der Waals surface area contributed by atoms with Gasteiger partial charge in [-0.3, -0.25) is 4.98 Å². The monoisotopic (exact) mass is 272 g/mol. The maximum absolute atomic E-state index is 11.4. The Balaban J connectivity index is 2.00. The Hall–Kier alpha value is -2.63. The minimum Gasteiger partial charge on any atom is -0.464 e.